The smallest absolute Gasteiger partial charge is 0.254 e. The lowest BCUT2D eigenvalue weighted by molar-refractivity contribution is -0.0167. The van der Waals surface area contributed by atoms with Crippen LogP contribution in [0.2, 0.25) is 0 Å². The number of hydrogen-bond donors (Lipinski definition) is 1. The Morgan fingerprint density at radius 1 is 1.21 bits per heavy atom. The van der Waals surface area contributed by atoms with Crippen molar-refractivity contribution in [1.29, 1.82) is 0 Å². The predicted octanol–water partition coefficient (Wildman–Crippen LogP) is 4.68. The van der Waals surface area contributed by atoms with E-state index in [0.717, 1.165) is 59.1 Å². The lowest BCUT2D eigenvalue weighted by Gasteiger charge is -2.56. The Balaban J connectivity index is 1.33. The summed E-state index contributed by atoms with van der Waals surface area (Å²) >= 11 is 1.58. The standard InChI is InChI=1S/C22H27N3O2S/c1-13-19(14(2)27-25-13)12-28-21-18(4-3-5-23-21)20(26)24-22-9-15-6-16(10-22)8-17(7-15)11-22/h3-5,15-17H,6-12H2,1-2H3,(H,24,26). The molecule has 0 saturated heterocycles. The Hall–Kier alpha value is -1.82. The van der Waals surface area contributed by atoms with Gasteiger partial charge < -0.3 is 9.84 Å². The summed E-state index contributed by atoms with van der Waals surface area (Å²) in [7, 11) is 0. The van der Waals surface area contributed by atoms with Gasteiger partial charge in [-0.05, 0) is 82.3 Å². The fraction of sp³-hybridized carbons (Fsp3) is 0.591. The van der Waals surface area contributed by atoms with Crippen molar-refractivity contribution in [3.63, 3.8) is 0 Å². The quantitative estimate of drug-likeness (QED) is 0.742. The second-order valence-electron chi connectivity index (χ2n) is 9.10. The first kappa shape index (κ1) is 18.2. The first-order valence-corrected chi connectivity index (χ1v) is 11.3. The minimum atomic E-state index is 0.0191. The maximum Gasteiger partial charge on any atom is 0.254 e. The summed E-state index contributed by atoms with van der Waals surface area (Å²) in [6, 6.07) is 3.76. The molecule has 4 bridgehead atoms. The molecule has 2 heterocycles. The Morgan fingerprint density at radius 3 is 2.50 bits per heavy atom. The molecule has 4 saturated carbocycles. The minimum absolute atomic E-state index is 0.0191. The van der Waals surface area contributed by atoms with E-state index in [2.05, 4.69) is 15.5 Å². The maximum absolute atomic E-state index is 13.2. The zero-order valence-corrected chi connectivity index (χ0v) is 17.3. The first-order valence-electron chi connectivity index (χ1n) is 10.3. The summed E-state index contributed by atoms with van der Waals surface area (Å²) in [6.45, 7) is 3.88. The molecule has 1 amide bonds. The van der Waals surface area contributed by atoms with Crippen LogP contribution in [0.15, 0.2) is 27.9 Å². The molecule has 0 atom stereocenters. The number of rotatable bonds is 5. The summed E-state index contributed by atoms with van der Waals surface area (Å²) < 4.78 is 5.26. The third-order valence-corrected chi connectivity index (χ3v) is 8.00. The number of aromatic nitrogens is 2. The predicted molar refractivity (Wildman–Crippen MR) is 108 cm³/mol. The molecule has 148 valence electrons. The Kier molecular flexibility index (Phi) is 4.49. The molecule has 1 N–H and O–H groups in total. The van der Waals surface area contributed by atoms with Crippen LogP contribution in [0.3, 0.4) is 0 Å². The summed E-state index contributed by atoms with van der Waals surface area (Å²) in [4.78, 5) is 17.8. The highest BCUT2D eigenvalue weighted by Gasteiger charge is 2.51. The van der Waals surface area contributed by atoms with Crippen LogP contribution >= 0.6 is 11.8 Å². The third-order valence-electron chi connectivity index (χ3n) is 6.97. The molecular formula is C22H27N3O2S. The van der Waals surface area contributed by atoms with Gasteiger partial charge >= 0.3 is 0 Å². The normalized spacial score (nSPS) is 30.6. The van der Waals surface area contributed by atoms with E-state index in [1.54, 1.807) is 18.0 Å². The van der Waals surface area contributed by atoms with Crippen LogP contribution in [0.1, 0.15) is 65.9 Å². The van der Waals surface area contributed by atoms with Crippen molar-refractivity contribution in [2.45, 2.75) is 68.7 Å². The van der Waals surface area contributed by atoms with Gasteiger partial charge in [-0.15, -0.1) is 11.8 Å². The van der Waals surface area contributed by atoms with Gasteiger partial charge in [0.25, 0.3) is 5.91 Å². The Bertz CT molecular complexity index is 852. The van der Waals surface area contributed by atoms with Crippen molar-refractivity contribution < 1.29 is 9.32 Å². The summed E-state index contributed by atoms with van der Waals surface area (Å²) in [5.41, 5.74) is 2.70. The van der Waals surface area contributed by atoms with Crippen molar-refractivity contribution in [3.05, 3.63) is 40.9 Å². The van der Waals surface area contributed by atoms with Crippen LogP contribution in [0.25, 0.3) is 0 Å². The second kappa shape index (κ2) is 6.90. The molecule has 28 heavy (non-hydrogen) atoms. The first-order chi connectivity index (χ1) is 13.5. The average Bonchev–Trinajstić information content (AvgIpc) is 2.96. The number of carbonyl (C=O) groups is 1. The third kappa shape index (κ3) is 3.25. The number of aryl methyl sites for hydroxylation is 2. The van der Waals surface area contributed by atoms with Crippen LogP contribution in [0, 0.1) is 31.6 Å². The number of nitrogens with zero attached hydrogens (tertiary/aromatic N) is 2. The molecule has 0 aliphatic heterocycles. The van der Waals surface area contributed by atoms with Crippen molar-refractivity contribution >= 4 is 17.7 Å². The zero-order chi connectivity index (χ0) is 19.3. The van der Waals surface area contributed by atoms with E-state index in [1.807, 2.05) is 26.0 Å². The van der Waals surface area contributed by atoms with Crippen molar-refractivity contribution in [2.24, 2.45) is 17.8 Å². The van der Waals surface area contributed by atoms with Gasteiger partial charge in [0.05, 0.1) is 11.3 Å². The topological polar surface area (TPSA) is 68.0 Å². The molecule has 5 nitrogen and oxygen atoms in total. The number of pyridine rings is 1. The van der Waals surface area contributed by atoms with Gasteiger partial charge in [0.2, 0.25) is 0 Å². The van der Waals surface area contributed by atoms with Crippen LogP contribution in [-0.4, -0.2) is 21.6 Å². The molecule has 2 aromatic heterocycles. The number of thioether (sulfide) groups is 1. The maximum atomic E-state index is 13.2. The molecule has 4 fully saturated rings. The van der Waals surface area contributed by atoms with E-state index in [4.69, 9.17) is 4.52 Å². The van der Waals surface area contributed by atoms with Gasteiger partial charge in [-0.25, -0.2) is 4.98 Å². The highest BCUT2D eigenvalue weighted by atomic mass is 32.2. The average molecular weight is 398 g/mol. The number of nitrogens with one attached hydrogen (secondary N) is 1. The second-order valence-corrected chi connectivity index (χ2v) is 10.1. The van der Waals surface area contributed by atoms with Crippen LogP contribution < -0.4 is 5.32 Å². The Morgan fingerprint density at radius 2 is 1.89 bits per heavy atom. The highest BCUT2D eigenvalue weighted by molar-refractivity contribution is 7.98. The lowest BCUT2D eigenvalue weighted by atomic mass is 9.53. The number of hydrogen-bond acceptors (Lipinski definition) is 5. The lowest BCUT2D eigenvalue weighted by Crippen LogP contribution is -2.59. The Labute approximate surface area is 170 Å². The van der Waals surface area contributed by atoms with E-state index in [9.17, 15) is 4.79 Å². The fourth-order valence-electron chi connectivity index (χ4n) is 6.10. The van der Waals surface area contributed by atoms with Crippen LogP contribution in [-0.2, 0) is 5.75 Å². The molecule has 0 unspecified atom stereocenters. The molecule has 0 spiro atoms. The van der Waals surface area contributed by atoms with Crippen LogP contribution in [0.5, 0.6) is 0 Å². The largest absolute Gasteiger partial charge is 0.361 e. The van der Waals surface area contributed by atoms with Gasteiger partial charge in [-0.1, -0.05) is 5.16 Å². The molecule has 0 aromatic carbocycles. The minimum Gasteiger partial charge on any atom is -0.361 e. The molecular weight excluding hydrogens is 370 g/mol. The van der Waals surface area contributed by atoms with Crippen molar-refractivity contribution in [2.75, 3.05) is 0 Å². The van der Waals surface area contributed by atoms with Gasteiger partial charge in [-0.3, -0.25) is 4.79 Å². The van der Waals surface area contributed by atoms with E-state index in [-0.39, 0.29) is 11.4 Å². The monoisotopic (exact) mass is 397 g/mol. The van der Waals surface area contributed by atoms with Crippen LogP contribution in [0.4, 0.5) is 0 Å². The summed E-state index contributed by atoms with van der Waals surface area (Å²) in [5, 5.41) is 8.28. The van der Waals surface area contributed by atoms with Gasteiger partial charge in [0, 0.05) is 23.1 Å². The van der Waals surface area contributed by atoms with Gasteiger partial charge in [-0.2, -0.15) is 0 Å². The number of carbonyl (C=O) groups excluding carboxylic acids is 1. The van der Waals surface area contributed by atoms with Gasteiger partial charge in [0.1, 0.15) is 10.8 Å². The fourth-order valence-corrected chi connectivity index (χ4v) is 7.24. The van der Waals surface area contributed by atoms with Crippen molar-refractivity contribution in [1.82, 2.24) is 15.5 Å². The summed E-state index contributed by atoms with van der Waals surface area (Å²) in [5.74, 6) is 4.02. The molecule has 4 aliphatic carbocycles. The molecule has 2 aromatic rings. The molecule has 4 aliphatic rings. The molecule has 6 rings (SSSR count). The van der Waals surface area contributed by atoms with Crippen molar-refractivity contribution in [3.8, 4) is 0 Å². The van der Waals surface area contributed by atoms with E-state index >= 15 is 0 Å². The molecule has 6 heteroatoms. The van der Waals surface area contributed by atoms with E-state index < -0.39 is 0 Å². The number of amides is 1. The SMILES string of the molecule is Cc1noc(C)c1CSc1ncccc1C(=O)NC12CC3CC(CC(C3)C1)C2. The zero-order valence-electron chi connectivity index (χ0n) is 16.5. The van der Waals surface area contributed by atoms with E-state index in [1.165, 1.54) is 19.3 Å². The molecule has 0 radical (unpaired) electrons. The van der Waals surface area contributed by atoms with E-state index in [0.29, 0.717) is 11.3 Å². The highest BCUT2D eigenvalue weighted by Crippen LogP contribution is 2.55. The van der Waals surface area contributed by atoms with Gasteiger partial charge in [0.15, 0.2) is 0 Å². The summed E-state index contributed by atoms with van der Waals surface area (Å²) in [6.07, 6.45) is 9.37.